The maximum absolute atomic E-state index is 11.7. The number of benzene rings is 1. The first kappa shape index (κ1) is 15.1. The number of rotatable bonds is 3. The molecule has 1 heterocycles. The van der Waals surface area contributed by atoms with Crippen LogP contribution >= 0.6 is 0 Å². The SMILES string of the molecule is CN(C)C1CCN(c2cccc(S(C)(=O)=O)c2N)CC1. The molecule has 1 saturated heterocycles. The minimum atomic E-state index is -3.28. The number of nitrogens with zero attached hydrogens (tertiary/aromatic N) is 2. The molecule has 0 radical (unpaired) electrons. The van der Waals surface area contributed by atoms with Crippen LogP contribution in [-0.4, -0.2) is 52.8 Å². The predicted octanol–water partition coefficient (Wildman–Crippen LogP) is 1.20. The number of hydrogen-bond donors (Lipinski definition) is 1. The van der Waals surface area contributed by atoms with Crippen molar-refractivity contribution < 1.29 is 8.42 Å². The van der Waals surface area contributed by atoms with Gasteiger partial charge in [0.15, 0.2) is 9.84 Å². The van der Waals surface area contributed by atoms with E-state index in [9.17, 15) is 8.42 Å². The number of nitrogen functional groups attached to an aromatic ring is 1. The van der Waals surface area contributed by atoms with Gasteiger partial charge in [0.05, 0.1) is 16.3 Å². The highest BCUT2D eigenvalue weighted by Crippen LogP contribution is 2.31. The van der Waals surface area contributed by atoms with E-state index in [4.69, 9.17) is 5.73 Å². The van der Waals surface area contributed by atoms with Gasteiger partial charge >= 0.3 is 0 Å². The summed E-state index contributed by atoms with van der Waals surface area (Å²) in [7, 11) is 0.914. The van der Waals surface area contributed by atoms with Crippen LogP contribution in [-0.2, 0) is 9.84 Å². The highest BCUT2D eigenvalue weighted by atomic mass is 32.2. The maximum Gasteiger partial charge on any atom is 0.177 e. The average molecular weight is 297 g/mol. The second-order valence-electron chi connectivity index (χ2n) is 5.64. The summed E-state index contributed by atoms with van der Waals surface area (Å²) >= 11 is 0. The predicted molar refractivity (Wildman–Crippen MR) is 82.9 cm³/mol. The van der Waals surface area contributed by atoms with Gasteiger partial charge in [-0.15, -0.1) is 0 Å². The van der Waals surface area contributed by atoms with Crippen LogP contribution in [0.3, 0.4) is 0 Å². The number of piperidine rings is 1. The molecule has 0 aromatic heterocycles. The smallest absolute Gasteiger partial charge is 0.177 e. The third-order valence-corrected chi connectivity index (χ3v) is 5.13. The fourth-order valence-corrected chi connectivity index (χ4v) is 3.58. The summed E-state index contributed by atoms with van der Waals surface area (Å²) in [6.07, 6.45) is 3.33. The van der Waals surface area contributed by atoms with E-state index in [1.165, 1.54) is 6.26 Å². The first-order valence-electron chi connectivity index (χ1n) is 6.80. The molecule has 1 aromatic carbocycles. The molecular weight excluding hydrogens is 274 g/mol. The van der Waals surface area contributed by atoms with Gasteiger partial charge in [0.1, 0.15) is 0 Å². The molecule has 1 aliphatic rings. The van der Waals surface area contributed by atoms with Gasteiger partial charge in [0.2, 0.25) is 0 Å². The van der Waals surface area contributed by atoms with Gasteiger partial charge in [-0.3, -0.25) is 0 Å². The molecular formula is C14H23N3O2S. The van der Waals surface area contributed by atoms with Crippen LogP contribution in [0.25, 0.3) is 0 Å². The Kier molecular flexibility index (Phi) is 4.25. The molecule has 0 unspecified atom stereocenters. The van der Waals surface area contributed by atoms with Crippen LogP contribution < -0.4 is 10.6 Å². The number of anilines is 2. The Morgan fingerprint density at radius 1 is 1.25 bits per heavy atom. The summed E-state index contributed by atoms with van der Waals surface area (Å²) in [5.41, 5.74) is 7.28. The summed E-state index contributed by atoms with van der Waals surface area (Å²) in [4.78, 5) is 4.65. The fraction of sp³-hybridized carbons (Fsp3) is 0.571. The molecule has 2 rings (SSSR count). The minimum Gasteiger partial charge on any atom is -0.396 e. The van der Waals surface area contributed by atoms with Crippen LogP contribution in [0.1, 0.15) is 12.8 Å². The van der Waals surface area contributed by atoms with Crippen molar-refractivity contribution in [3.63, 3.8) is 0 Å². The van der Waals surface area contributed by atoms with Gasteiger partial charge in [-0.1, -0.05) is 6.07 Å². The van der Waals surface area contributed by atoms with Crippen molar-refractivity contribution >= 4 is 21.2 Å². The lowest BCUT2D eigenvalue weighted by Crippen LogP contribution is -2.42. The Labute approximate surface area is 121 Å². The Morgan fingerprint density at radius 3 is 2.35 bits per heavy atom. The van der Waals surface area contributed by atoms with Gasteiger partial charge in [0, 0.05) is 25.4 Å². The fourth-order valence-electron chi connectivity index (χ4n) is 2.75. The van der Waals surface area contributed by atoms with Crippen LogP contribution in [0.2, 0.25) is 0 Å². The zero-order chi connectivity index (χ0) is 14.9. The standard InChI is InChI=1S/C14H23N3O2S/c1-16(2)11-7-9-17(10-8-11)12-5-4-6-13(14(12)15)20(3,18)19/h4-6,11H,7-10,15H2,1-3H3. The van der Waals surface area contributed by atoms with Crippen molar-refractivity contribution in [1.29, 1.82) is 0 Å². The Morgan fingerprint density at radius 2 is 1.85 bits per heavy atom. The molecule has 0 atom stereocenters. The van der Waals surface area contributed by atoms with E-state index in [0.29, 0.717) is 11.7 Å². The summed E-state index contributed by atoms with van der Waals surface area (Å²) < 4.78 is 23.4. The molecule has 1 aromatic rings. The van der Waals surface area contributed by atoms with Crippen molar-refractivity contribution in [2.24, 2.45) is 0 Å². The molecule has 0 aliphatic carbocycles. The number of sulfone groups is 1. The van der Waals surface area contributed by atoms with E-state index in [1.54, 1.807) is 12.1 Å². The van der Waals surface area contributed by atoms with Crippen molar-refractivity contribution in [1.82, 2.24) is 4.90 Å². The van der Waals surface area contributed by atoms with Gasteiger partial charge in [-0.25, -0.2) is 8.42 Å². The topological polar surface area (TPSA) is 66.6 Å². The minimum absolute atomic E-state index is 0.227. The third-order valence-electron chi connectivity index (χ3n) is 3.98. The van der Waals surface area contributed by atoms with Gasteiger partial charge < -0.3 is 15.5 Å². The zero-order valence-electron chi connectivity index (χ0n) is 12.3. The van der Waals surface area contributed by atoms with E-state index < -0.39 is 9.84 Å². The van der Waals surface area contributed by atoms with Crippen molar-refractivity contribution in [3.05, 3.63) is 18.2 Å². The second kappa shape index (κ2) is 5.61. The molecule has 1 aliphatic heterocycles. The first-order valence-corrected chi connectivity index (χ1v) is 8.69. The molecule has 6 heteroatoms. The zero-order valence-corrected chi connectivity index (χ0v) is 13.2. The summed E-state index contributed by atoms with van der Waals surface area (Å²) in [6, 6.07) is 5.83. The molecule has 112 valence electrons. The van der Waals surface area contributed by atoms with Crippen LogP contribution in [0.4, 0.5) is 11.4 Å². The average Bonchev–Trinajstić information content (AvgIpc) is 2.37. The van der Waals surface area contributed by atoms with E-state index in [-0.39, 0.29) is 4.90 Å². The number of nitrogens with two attached hydrogens (primary N) is 1. The van der Waals surface area contributed by atoms with Crippen molar-refractivity contribution in [2.45, 2.75) is 23.8 Å². The summed E-state index contributed by atoms with van der Waals surface area (Å²) in [5, 5.41) is 0. The number of para-hydroxylation sites is 1. The molecule has 0 spiro atoms. The Hall–Kier alpha value is -1.27. The van der Waals surface area contributed by atoms with Crippen molar-refractivity contribution in [2.75, 3.05) is 44.1 Å². The number of hydrogen-bond acceptors (Lipinski definition) is 5. The Bertz CT molecular complexity index is 576. The van der Waals surface area contributed by atoms with Gasteiger partial charge in [-0.2, -0.15) is 0 Å². The van der Waals surface area contributed by atoms with Crippen LogP contribution in [0, 0.1) is 0 Å². The van der Waals surface area contributed by atoms with Gasteiger partial charge in [-0.05, 0) is 39.1 Å². The molecule has 1 fully saturated rings. The Balaban J connectivity index is 2.23. The quantitative estimate of drug-likeness (QED) is 0.849. The monoisotopic (exact) mass is 297 g/mol. The lowest BCUT2D eigenvalue weighted by molar-refractivity contribution is 0.250. The van der Waals surface area contributed by atoms with E-state index in [0.717, 1.165) is 31.6 Å². The largest absolute Gasteiger partial charge is 0.396 e. The molecule has 5 nitrogen and oxygen atoms in total. The summed E-state index contributed by atoms with van der Waals surface area (Å²) in [5.74, 6) is 0. The molecule has 0 amide bonds. The lowest BCUT2D eigenvalue weighted by atomic mass is 10.0. The van der Waals surface area contributed by atoms with Gasteiger partial charge in [0.25, 0.3) is 0 Å². The maximum atomic E-state index is 11.7. The molecule has 20 heavy (non-hydrogen) atoms. The van der Waals surface area contributed by atoms with Crippen molar-refractivity contribution in [3.8, 4) is 0 Å². The first-order chi connectivity index (χ1) is 9.30. The van der Waals surface area contributed by atoms with E-state index in [2.05, 4.69) is 23.9 Å². The van der Waals surface area contributed by atoms with Crippen LogP contribution in [0.5, 0.6) is 0 Å². The lowest BCUT2D eigenvalue weighted by Gasteiger charge is -2.37. The van der Waals surface area contributed by atoms with Crippen LogP contribution in [0.15, 0.2) is 23.1 Å². The molecule has 2 N–H and O–H groups in total. The second-order valence-corrected chi connectivity index (χ2v) is 7.63. The van der Waals surface area contributed by atoms with E-state index in [1.807, 2.05) is 6.07 Å². The highest BCUT2D eigenvalue weighted by Gasteiger charge is 2.23. The van der Waals surface area contributed by atoms with E-state index >= 15 is 0 Å². The normalized spacial score (nSPS) is 17.7. The third kappa shape index (κ3) is 3.07. The molecule has 0 bridgehead atoms. The molecule has 0 saturated carbocycles. The summed E-state index contributed by atoms with van der Waals surface area (Å²) in [6.45, 7) is 1.81. The highest BCUT2D eigenvalue weighted by molar-refractivity contribution is 7.90.